The maximum atomic E-state index is 10.9. The number of methoxy groups -OCH3 is 2. The Morgan fingerprint density at radius 2 is 1.85 bits per heavy atom. The van der Waals surface area contributed by atoms with Crippen molar-refractivity contribution in [3.05, 3.63) is 58.5 Å². The van der Waals surface area contributed by atoms with Gasteiger partial charge in [-0.1, -0.05) is 17.3 Å². The molecule has 9 nitrogen and oxygen atoms in total. The highest BCUT2D eigenvalue weighted by Gasteiger charge is 2.16. The second-order valence-electron chi connectivity index (χ2n) is 5.09. The molecule has 0 spiro atoms. The summed E-state index contributed by atoms with van der Waals surface area (Å²) in [7, 11) is 3.00. The highest BCUT2D eigenvalue weighted by molar-refractivity contribution is 5.63. The second-order valence-corrected chi connectivity index (χ2v) is 5.09. The fraction of sp³-hybridized carbons (Fsp3) is 0.176. The van der Waals surface area contributed by atoms with Crippen LogP contribution in [0.1, 0.15) is 5.89 Å². The summed E-state index contributed by atoms with van der Waals surface area (Å²) in [4.78, 5) is 14.6. The average molecular weight is 357 g/mol. The Labute approximate surface area is 148 Å². The van der Waals surface area contributed by atoms with Crippen LogP contribution >= 0.6 is 0 Å². The monoisotopic (exact) mass is 357 g/mol. The van der Waals surface area contributed by atoms with Crippen LogP contribution < -0.4 is 14.2 Å². The molecule has 3 aromatic rings. The van der Waals surface area contributed by atoms with Crippen LogP contribution in [0.4, 0.5) is 5.69 Å². The Morgan fingerprint density at radius 3 is 2.58 bits per heavy atom. The molecule has 0 aliphatic rings. The molecule has 0 bridgehead atoms. The summed E-state index contributed by atoms with van der Waals surface area (Å²) < 4.78 is 21.1. The lowest BCUT2D eigenvalue weighted by Crippen LogP contribution is -1.99. The van der Waals surface area contributed by atoms with Crippen LogP contribution in [0.5, 0.6) is 17.2 Å². The predicted molar refractivity (Wildman–Crippen MR) is 90.3 cm³/mol. The molecule has 0 amide bonds. The summed E-state index contributed by atoms with van der Waals surface area (Å²) in [5.41, 5.74) is 0.568. The van der Waals surface area contributed by atoms with Gasteiger partial charge in [0.2, 0.25) is 5.82 Å². The van der Waals surface area contributed by atoms with Crippen LogP contribution in [0.25, 0.3) is 11.4 Å². The van der Waals surface area contributed by atoms with Crippen molar-refractivity contribution in [2.75, 3.05) is 14.2 Å². The van der Waals surface area contributed by atoms with Gasteiger partial charge in [0, 0.05) is 6.07 Å². The molecule has 0 aliphatic carbocycles. The van der Waals surface area contributed by atoms with Crippen LogP contribution in [0, 0.1) is 10.1 Å². The molecule has 0 radical (unpaired) electrons. The van der Waals surface area contributed by atoms with Crippen molar-refractivity contribution in [2.24, 2.45) is 0 Å². The number of non-ortho nitro benzene ring substituents is 1. The molecule has 134 valence electrons. The van der Waals surface area contributed by atoms with Gasteiger partial charge in [-0.2, -0.15) is 4.98 Å². The first-order valence-corrected chi connectivity index (χ1v) is 7.53. The third kappa shape index (κ3) is 3.56. The molecule has 1 heterocycles. The molecule has 2 aromatic carbocycles. The molecule has 0 unspecified atom stereocenters. The van der Waals surface area contributed by atoms with Gasteiger partial charge < -0.3 is 18.7 Å². The minimum Gasteiger partial charge on any atom is -0.496 e. The normalized spacial score (nSPS) is 10.4. The number of nitro benzene ring substituents is 1. The Kier molecular flexibility index (Phi) is 4.97. The molecule has 0 N–H and O–H groups in total. The van der Waals surface area contributed by atoms with Crippen LogP contribution in [0.15, 0.2) is 47.0 Å². The number of nitrogens with zero attached hydrogens (tertiary/aromatic N) is 3. The largest absolute Gasteiger partial charge is 0.496 e. The fourth-order valence-corrected chi connectivity index (χ4v) is 2.28. The van der Waals surface area contributed by atoms with Gasteiger partial charge in [0.05, 0.1) is 30.8 Å². The highest BCUT2D eigenvalue weighted by Crippen LogP contribution is 2.32. The Balaban J connectivity index is 1.78. The van der Waals surface area contributed by atoms with Crippen molar-refractivity contribution < 1.29 is 23.7 Å². The van der Waals surface area contributed by atoms with Gasteiger partial charge in [-0.15, -0.1) is 0 Å². The first-order valence-electron chi connectivity index (χ1n) is 7.53. The van der Waals surface area contributed by atoms with E-state index in [0.29, 0.717) is 22.9 Å². The maximum Gasteiger partial charge on any atom is 0.273 e. The number of hydrogen-bond acceptors (Lipinski definition) is 8. The lowest BCUT2D eigenvalue weighted by atomic mass is 10.2. The molecule has 0 fully saturated rings. The van der Waals surface area contributed by atoms with E-state index in [0.717, 1.165) is 0 Å². The molecule has 1 aromatic heterocycles. The van der Waals surface area contributed by atoms with Crippen molar-refractivity contribution >= 4 is 5.69 Å². The van der Waals surface area contributed by atoms with Gasteiger partial charge >= 0.3 is 0 Å². The number of aromatic nitrogens is 2. The number of para-hydroxylation sites is 1. The minimum absolute atomic E-state index is 0.0698. The Morgan fingerprint density at radius 1 is 1.08 bits per heavy atom. The molecule has 0 saturated heterocycles. The number of hydrogen-bond donors (Lipinski definition) is 0. The maximum absolute atomic E-state index is 10.9. The number of benzene rings is 2. The van der Waals surface area contributed by atoms with Crippen molar-refractivity contribution in [3.8, 4) is 28.6 Å². The van der Waals surface area contributed by atoms with E-state index in [1.54, 1.807) is 19.2 Å². The summed E-state index contributed by atoms with van der Waals surface area (Å²) >= 11 is 0. The van der Waals surface area contributed by atoms with Crippen LogP contribution in [-0.2, 0) is 6.61 Å². The minimum atomic E-state index is -0.515. The van der Waals surface area contributed by atoms with E-state index in [9.17, 15) is 10.1 Å². The lowest BCUT2D eigenvalue weighted by Gasteiger charge is -2.08. The van der Waals surface area contributed by atoms with E-state index in [2.05, 4.69) is 10.1 Å². The van der Waals surface area contributed by atoms with Crippen LogP contribution in [0.2, 0.25) is 0 Å². The number of nitro groups is 1. The summed E-state index contributed by atoms with van der Waals surface area (Å²) in [6.45, 7) is -0.0698. The van der Waals surface area contributed by atoms with E-state index >= 15 is 0 Å². The fourth-order valence-electron chi connectivity index (χ4n) is 2.28. The first kappa shape index (κ1) is 17.2. The van der Waals surface area contributed by atoms with Crippen molar-refractivity contribution in [3.63, 3.8) is 0 Å². The first-order chi connectivity index (χ1) is 12.6. The van der Waals surface area contributed by atoms with Gasteiger partial charge in [0.25, 0.3) is 11.6 Å². The smallest absolute Gasteiger partial charge is 0.273 e. The van der Waals surface area contributed by atoms with E-state index in [1.807, 2.05) is 12.1 Å². The topological polar surface area (TPSA) is 110 Å². The zero-order valence-electron chi connectivity index (χ0n) is 14.0. The average Bonchev–Trinajstić information content (AvgIpc) is 3.14. The van der Waals surface area contributed by atoms with Gasteiger partial charge in [-0.25, -0.2) is 0 Å². The molecule has 0 atom stereocenters. The summed E-state index contributed by atoms with van der Waals surface area (Å²) in [5.74, 6) is 1.74. The zero-order chi connectivity index (χ0) is 18.5. The Bertz CT molecular complexity index is 924. The van der Waals surface area contributed by atoms with Gasteiger partial charge in [0.1, 0.15) is 5.75 Å². The quantitative estimate of drug-likeness (QED) is 0.468. The standard InChI is InChI=1S/C17H15N3O6/c1-23-13-6-4-3-5-12(13)17-18-16(26-19-17)10-25-15-9-11(20(21)22)7-8-14(15)24-2/h3-9H,10H2,1-2H3. The van der Waals surface area contributed by atoms with Gasteiger partial charge in [-0.3, -0.25) is 10.1 Å². The second kappa shape index (κ2) is 7.51. The molecule has 0 saturated carbocycles. The van der Waals surface area contributed by atoms with E-state index in [-0.39, 0.29) is 23.9 Å². The summed E-state index contributed by atoms with van der Waals surface area (Å²) in [6, 6.07) is 11.3. The van der Waals surface area contributed by atoms with E-state index in [1.165, 1.54) is 25.3 Å². The van der Waals surface area contributed by atoms with Crippen molar-refractivity contribution in [2.45, 2.75) is 6.61 Å². The predicted octanol–water partition coefficient (Wildman–Crippen LogP) is 3.24. The lowest BCUT2D eigenvalue weighted by molar-refractivity contribution is -0.385. The van der Waals surface area contributed by atoms with Crippen LogP contribution in [0.3, 0.4) is 0 Å². The highest BCUT2D eigenvalue weighted by atomic mass is 16.6. The van der Waals surface area contributed by atoms with Crippen LogP contribution in [-0.4, -0.2) is 29.3 Å². The number of ether oxygens (including phenoxy) is 3. The SMILES string of the molecule is COc1ccc([N+](=O)[O-])cc1OCc1nc(-c2ccccc2OC)no1. The van der Waals surface area contributed by atoms with Gasteiger partial charge in [0.15, 0.2) is 18.1 Å². The molecular formula is C17H15N3O6. The summed E-state index contributed by atoms with van der Waals surface area (Å²) in [6.07, 6.45) is 0. The molecule has 3 rings (SSSR count). The molecule has 9 heteroatoms. The number of rotatable bonds is 7. The molecular weight excluding hydrogens is 342 g/mol. The molecule has 26 heavy (non-hydrogen) atoms. The van der Waals surface area contributed by atoms with E-state index < -0.39 is 4.92 Å². The zero-order valence-corrected chi connectivity index (χ0v) is 14.0. The third-order valence-corrected chi connectivity index (χ3v) is 3.53. The third-order valence-electron chi connectivity index (χ3n) is 3.53. The van der Waals surface area contributed by atoms with E-state index in [4.69, 9.17) is 18.7 Å². The van der Waals surface area contributed by atoms with Gasteiger partial charge in [-0.05, 0) is 18.2 Å². The van der Waals surface area contributed by atoms with Crippen molar-refractivity contribution in [1.29, 1.82) is 0 Å². The van der Waals surface area contributed by atoms with Crippen molar-refractivity contribution in [1.82, 2.24) is 10.1 Å². The Hall–Kier alpha value is -3.62. The summed E-state index contributed by atoms with van der Waals surface area (Å²) in [5, 5.41) is 14.8. The molecule has 0 aliphatic heterocycles.